The summed E-state index contributed by atoms with van der Waals surface area (Å²) in [6.07, 6.45) is 2.58. The Morgan fingerprint density at radius 2 is 2.30 bits per heavy atom. The van der Waals surface area contributed by atoms with Gasteiger partial charge in [-0.05, 0) is 37.9 Å². The summed E-state index contributed by atoms with van der Waals surface area (Å²) in [5.74, 6) is 0.456. The van der Waals surface area contributed by atoms with Crippen molar-refractivity contribution in [2.24, 2.45) is 5.73 Å². The lowest BCUT2D eigenvalue weighted by Gasteiger charge is -2.25. The molecule has 2 atom stereocenters. The molecule has 2 unspecified atom stereocenters. The van der Waals surface area contributed by atoms with Crippen LogP contribution in [0.4, 0.5) is 0 Å². The van der Waals surface area contributed by atoms with E-state index in [1.165, 1.54) is 0 Å². The number of likely N-dealkylation sites (N-methyl/N-ethyl adjacent to an activating group) is 1. The zero-order valence-corrected chi connectivity index (χ0v) is 11.8. The lowest BCUT2D eigenvalue weighted by atomic mass is 9.97. The van der Waals surface area contributed by atoms with E-state index in [0.717, 1.165) is 17.7 Å². The minimum Gasteiger partial charge on any atom is -0.490 e. The zero-order chi connectivity index (χ0) is 14.6. The second kappa shape index (κ2) is 6.24. The molecule has 5 heteroatoms. The Labute approximate surface area is 119 Å². The standard InChI is InChI=1S/C15H22N2O3/c1-17-15(14(16)19)8-6-12(10-15)20-13-5-3-2-4-11(13)7-9-18/h2-5,12,17-18H,6-10H2,1H3,(H2,16,19). The van der Waals surface area contributed by atoms with Crippen molar-refractivity contribution in [3.8, 4) is 5.75 Å². The molecule has 1 aliphatic rings. The number of benzene rings is 1. The van der Waals surface area contributed by atoms with E-state index in [-0.39, 0.29) is 18.6 Å². The number of ether oxygens (including phenoxy) is 1. The van der Waals surface area contributed by atoms with E-state index in [1.807, 2.05) is 24.3 Å². The molecule has 0 radical (unpaired) electrons. The van der Waals surface area contributed by atoms with Crippen LogP contribution >= 0.6 is 0 Å². The molecule has 1 fully saturated rings. The molecule has 0 aromatic heterocycles. The quantitative estimate of drug-likeness (QED) is 0.711. The molecule has 1 amide bonds. The van der Waals surface area contributed by atoms with Crippen molar-refractivity contribution in [3.63, 3.8) is 0 Å². The molecule has 1 saturated carbocycles. The first-order chi connectivity index (χ1) is 9.61. The molecule has 20 heavy (non-hydrogen) atoms. The van der Waals surface area contributed by atoms with Crippen molar-refractivity contribution in [1.29, 1.82) is 0 Å². The number of rotatable bonds is 6. The van der Waals surface area contributed by atoms with E-state index in [4.69, 9.17) is 15.6 Å². The highest BCUT2D eigenvalue weighted by Gasteiger charge is 2.43. The van der Waals surface area contributed by atoms with Crippen LogP contribution in [0.2, 0.25) is 0 Å². The molecule has 0 bridgehead atoms. The molecule has 110 valence electrons. The molecule has 5 nitrogen and oxygen atoms in total. The third-order valence-corrected chi connectivity index (χ3v) is 4.07. The number of aliphatic hydroxyl groups excluding tert-OH is 1. The van der Waals surface area contributed by atoms with Crippen molar-refractivity contribution >= 4 is 5.91 Å². The maximum atomic E-state index is 11.6. The number of hydrogen-bond acceptors (Lipinski definition) is 4. The molecule has 0 heterocycles. The van der Waals surface area contributed by atoms with Gasteiger partial charge in [-0.3, -0.25) is 4.79 Å². The number of nitrogens with one attached hydrogen (secondary N) is 1. The number of hydrogen-bond donors (Lipinski definition) is 3. The number of primary amides is 1. The molecule has 1 aromatic rings. The van der Waals surface area contributed by atoms with Gasteiger partial charge in [0.2, 0.25) is 5.91 Å². The first-order valence-electron chi connectivity index (χ1n) is 6.95. The minimum atomic E-state index is -0.656. The highest BCUT2D eigenvalue weighted by molar-refractivity contribution is 5.85. The fraction of sp³-hybridized carbons (Fsp3) is 0.533. The van der Waals surface area contributed by atoms with E-state index >= 15 is 0 Å². The Bertz CT molecular complexity index is 478. The van der Waals surface area contributed by atoms with Crippen LogP contribution in [-0.4, -0.2) is 36.3 Å². The third kappa shape index (κ3) is 2.94. The predicted molar refractivity (Wildman–Crippen MR) is 76.5 cm³/mol. The average Bonchev–Trinajstić information content (AvgIpc) is 2.86. The number of aliphatic hydroxyl groups is 1. The monoisotopic (exact) mass is 278 g/mol. The van der Waals surface area contributed by atoms with Gasteiger partial charge in [-0.15, -0.1) is 0 Å². The van der Waals surface area contributed by atoms with Crippen molar-refractivity contribution in [2.75, 3.05) is 13.7 Å². The molecular formula is C15H22N2O3. The van der Waals surface area contributed by atoms with Crippen LogP contribution in [0.15, 0.2) is 24.3 Å². The lowest BCUT2D eigenvalue weighted by molar-refractivity contribution is -0.124. The van der Waals surface area contributed by atoms with Crippen LogP contribution in [0.5, 0.6) is 5.75 Å². The van der Waals surface area contributed by atoms with Crippen LogP contribution < -0.4 is 15.8 Å². The van der Waals surface area contributed by atoms with Gasteiger partial charge >= 0.3 is 0 Å². The van der Waals surface area contributed by atoms with E-state index in [9.17, 15) is 4.79 Å². The topological polar surface area (TPSA) is 84.6 Å². The number of carbonyl (C=O) groups is 1. The summed E-state index contributed by atoms with van der Waals surface area (Å²) in [5, 5.41) is 12.1. The lowest BCUT2D eigenvalue weighted by Crippen LogP contribution is -2.52. The summed E-state index contributed by atoms with van der Waals surface area (Å²) in [6.45, 7) is 0.0901. The molecule has 1 aliphatic carbocycles. The van der Waals surface area contributed by atoms with Gasteiger partial charge in [-0.25, -0.2) is 0 Å². The third-order valence-electron chi connectivity index (χ3n) is 4.07. The van der Waals surface area contributed by atoms with Gasteiger partial charge in [0.15, 0.2) is 0 Å². The molecule has 4 N–H and O–H groups in total. The van der Waals surface area contributed by atoms with Gasteiger partial charge in [0.05, 0.1) is 0 Å². The summed E-state index contributed by atoms with van der Waals surface area (Å²) in [7, 11) is 1.76. The van der Waals surface area contributed by atoms with Crippen LogP contribution in [0.25, 0.3) is 0 Å². The number of amides is 1. The van der Waals surface area contributed by atoms with Crippen molar-refractivity contribution < 1.29 is 14.6 Å². The van der Waals surface area contributed by atoms with Gasteiger partial charge < -0.3 is 20.9 Å². The van der Waals surface area contributed by atoms with Crippen molar-refractivity contribution in [1.82, 2.24) is 5.32 Å². The summed E-state index contributed by atoms with van der Waals surface area (Å²) in [4.78, 5) is 11.6. The van der Waals surface area contributed by atoms with Gasteiger partial charge in [0.25, 0.3) is 0 Å². The van der Waals surface area contributed by atoms with Crippen LogP contribution in [-0.2, 0) is 11.2 Å². The van der Waals surface area contributed by atoms with E-state index in [2.05, 4.69) is 5.32 Å². The Kier molecular flexibility index (Phi) is 4.62. The van der Waals surface area contributed by atoms with Gasteiger partial charge in [-0.2, -0.15) is 0 Å². The maximum absolute atomic E-state index is 11.6. The highest BCUT2D eigenvalue weighted by atomic mass is 16.5. The SMILES string of the molecule is CNC1(C(N)=O)CCC(Oc2ccccc2CCO)C1. The minimum absolute atomic E-state index is 0.0326. The zero-order valence-electron chi connectivity index (χ0n) is 11.8. The number of para-hydroxylation sites is 1. The Morgan fingerprint density at radius 1 is 1.55 bits per heavy atom. The highest BCUT2D eigenvalue weighted by Crippen LogP contribution is 2.33. The summed E-state index contributed by atoms with van der Waals surface area (Å²) >= 11 is 0. The van der Waals surface area contributed by atoms with Crippen molar-refractivity contribution in [2.45, 2.75) is 37.3 Å². The normalized spacial score (nSPS) is 25.6. The van der Waals surface area contributed by atoms with Crippen LogP contribution in [0.3, 0.4) is 0 Å². The maximum Gasteiger partial charge on any atom is 0.237 e. The first kappa shape index (κ1) is 14.8. The second-order valence-electron chi connectivity index (χ2n) is 5.26. The predicted octanol–water partition coefficient (Wildman–Crippen LogP) is 0.596. The summed E-state index contributed by atoms with van der Waals surface area (Å²) < 4.78 is 6.01. The summed E-state index contributed by atoms with van der Waals surface area (Å²) in [5.41, 5.74) is 5.81. The van der Waals surface area contributed by atoms with Crippen molar-refractivity contribution in [3.05, 3.63) is 29.8 Å². The fourth-order valence-corrected chi connectivity index (χ4v) is 2.80. The molecule has 2 rings (SSSR count). The fourth-order valence-electron chi connectivity index (χ4n) is 2.80. The van der Waals surface area contributed by atoms with E-state index in [0.29, 0.717) is 19.3 Å². The van der Waals surface area contributed by atoms with Crippen LogP contribution in [0.1, 0.15) is 24.8 Å². The first-order valence-corrected chi connectivity index (χ1v) is 6.95. The molecular weight excluding hydrogens is 256 g/mol. The number of carbonyl (C=O) groups excluding carboxylic acids is 1. The average molecular weight is 278 g/mol. The van der Waals surface area contributed by atoms with E-state index < -0.39 is 5.54 Å². The van der Waals surface area contributed by atoms with Gasteiger partial charge in [-0.1, -0.05) is 18.2 Å². The Morgan fingerprint density at radius 3 is 2.90 bits per heavy atom. The second-order valence-corrected chi connectivity index (χ2v) is 5.26. The Hall–Kier alpha value is -1.59. The Balaban J connectivity index is 2.07. The van der Waals surface area contributed by atoms with Crippen LogP contribution in [0, 0.1) is 0 Å². The van der Waals surface area contributed by atoms with Gasteiger partial charge in [0, 0.05) is 13.0 Å². The number of nitrogens with two attached hydrogens (primary N) is 1. The molecule has 0 spiro atoms. The smallest absolute Gasteiger partial charge is 0.237 e. The summed E-state index contributed by atoms with van der Waals surface area (Å²) in [6, 6.07) is 7.67. The van der Waals surface area contributed by atoms with E-state index in [1.54, 1.807) is 7.05 Å². The van der Waals surface area contributed by atoms with Gasteiger partial charge in [0.1, 0.15) is 17.4 Å². The largest absolute Gasteiger partial charge is 0.490 e. The molecule has 0 saturated heterocycles. The molecule has 1 aromatic carbocycles. The molecule has 0 aliphatic heterocycles.